The van der Waals surface area contributed by atoms with Crippen LogP contribution in [0.2, 0.25) is 0 Å². The normalized spacial score (nSPS) is 18.3. The van der Waals surface area contributed by atoms with E-state index in [1.165, 1.54) is 21.4 Å². The van der Waals surface area contributed by atoms with E-state index in [0.29, 0.717) is 5.82 Å². The van der Waals surface area contributed by atoms with Gasteiger partial charge >= 0.3 is 0 Å². The van der Waals surface area contributed by atoms with Crippen LogP contribution >= 0.6 is 0 Å². The van der Waals surface area contributed by atoms with E-state index < -0.39 is 10.2 Å². The first kappa shape index (κ1) is 14.4. The molecule has 1 aliphatic rings. The molecule has 0 aromatic carbocycles. The highest BCUT2D eigenvalue weighted by Crippen LogP contribution is 2.24. The van der Waals surface area contributed by atoms with Gasteiger partial charge in [-0.2, -0.15) is 22.1 Å². The monoisotopic (exact) mass is 287 g/mol. The van der Waals surface area contributed by atoms with Gasteiger partial charge in [-0.15, -0.1) is 0 Å². The number of nitrogens with one attached hydrogen (secondary N) is 1. The van der Waals surface area contributed by atoms with Crippen LogP contribution < -0.4 is 0 Å². The summed E-state index contributed by atoms with van der Waals surface area (Å²) < 4.78 is 27.7. The lowest BCUT2D eigenvalue weighted by atomic mass is 9.96. The fourth-order valence-electron chi connectivity index (χ4n) is 2.45. The quantitative estimate of drug-likeness (QED) is 0.866. The van der Waals surface area contributed by atoms with Crippen molar-refractivity contribution >= 4 is 10.2 Å². The van der Waals surface area contributed by atoms with Crippen LogP contribution in [0, 0.1) is 0 Å². The fourth-order valence-corrected chi connectivity index (χ4v) is 3.77. The minimum atomic E-state index is -3.44. The van der Waals surface area contributed by atoms with E-state index in [2.05, 4.69) is 15.2 Å². The molecule has 2 rings (SSSR count). The van der Waals surface area contributed by atoms with Gasteiger partial charge in [-0.25, -0.2) is 4.98 Å². The second-order valence-electron chi connectivity index (χ2n) is 5.00. The zero-order chi connectivity index (χ0) is 13.9. The third-order valence-corrected chi connectivity index (χ3v) is 5.63. The van der Waals surface area contributed by atoms with Gasteiger partial charge in [-0.1, -0.05) is 19.3 Å². The molecular weight excluding hydrogens is 266 g/mol. The number of nitrogens with zero attached hydrogens (tertiary/aromatic N) is 4. The molecule has 1 aromatic heterocycles. The highest BCUT2D eigenvalue weighted by molar-refractivity contribution is 7.86. The molecule has 108 valence electrons. The van der Waals surface area contributed by atoms with Crippen molar-refractivity contribution in [3.05, 3.63) is 12.2 Å². The van der Waals surface area contributed by atoms with Crippen LogP contribution in [0.4, 0.5) is 0 Å². The number of aromatic nitrogens is 3. The predicted octanol–water partition coefficient (Wildman–Crippen LogP) is 0.746. The molecule has 19 heavy (non-hydrogen) atoms. The minimum Gasteiger partial charge on any atom is -0.262 e. The van der Waals surface area contributed by atoms with Crippen molar-refractivity contribution in [1.82, 2.24) is 23.8 Å². The first-order valence-corrected chi connectivity index (χ1v) is 7.95. The molecule has 0 saturated heterocycles. The van der Waals surface area contributed by atoms with Crippen molar-refractivity contribution in [2.45, 2.75) is 44.7 Å². The Kier molecular flexibility index (Phi) is 4.54. The molecule has 0 bridgehead atoms. The number of hydrogen-bond acceptors (Lipinski definition) is 4. The second-order valence-corrected chi connectivity index (χ2v) is 7.10. The van der Waals surface area contributed by atoms with Crippen LogP contribution in [0.3, 0.4) is 0 Å². The van der Waals surface area contributed by atoms with Crippen LogP contribution in [0.25, 0.3) is 0 Å². The van der Waals surface area contributed by atoms with Crippen molar-refractivity contribution in [3.63, 3.8) is 0 Å². The first-order chi connectivity index (χ1) is 9.01. The molecule has 0 spiro atoms. The molecule has 1 heterocycles. The van der Waals surface area contributed by atoms with Gasteiger partial charge in [-0.3, -0.25) is 5.10 Å². The topological polar surface area (TPSA) is 82.2 Å². The Morgan fingerprint density at radius 2 is 2.00 bits per heavy atom. The van der Waals surface area contributed by atoms with Crippen LogP contribution in [0.5, 0.6) is 0 Å². The fraction of sp³-hybridized carbons (Fsp3) is 0.818. The third kappa shape index (κ3) is 3.31. The predicted molar refractivity (Wildman–Crippen MR) is 71.4 cm³/mol. The Labute approximate surface area is 114 Å². The Hall–Kier alpha value is -0.990. The molecule has 7 nitrogen and oxygen atoms in total. The lowest BCUT2D eigenvalue weighted by Gasteiger charge is -2.32. The Balaban J connectivity index is 2.03. The van der Waals surface area contributed by atoms with E-state index in [4.69, 9.17) is 0 Å². The zero-order valence-electron chi connectivity index (χ0n) is 11.4. The van der Waals surface area contributed by atoms with E-state index in [-0.39, 0.29) is 12.6 Å². The average Bonchev–Trinajstić information content (AvgIpc) is 2.91. The molecule has 8 heteroatoms. The van der Waals surface area contributed by atoms with Crippen molar-refractivity contribution in [2.75, 3.05) is 14.1 Å². The largest absolute Gasteiger partial charge is 0.282 e. The lowest BCUT2D eigenvalue weighted by molar-refractivity contribution is 0.267. The van der Waals surface area contributed by atoms with Crippen molar-refractivity contribution in [3.8, 4) is 0 Å². The van der Waals surface area contributed by atoms with Crippen molar-refractivity contribution in [1.29, 1.82) is 0 Å². The number of hydrogen-bond donors (Lipinski definition) is 1. The molecule has 0 unspecified atom stereocenters. The maximum atomic E-state index is 12.4. The van der Waals surface area contributed by atoms with E-state index in [1.807, 2.05) is 0 Å². The molecule has 1 N–H and O–H groups in total. The molecule has 0 radical (unpaired) electrons. The van der Waals surface area contributed by atoms with Gasteiger partial charge in [0.15, 0.2) is 0 Å². The Morgan fingerprint density at radius 1 is 1.32 bits per heavy atom. The second kappa shape index (κ2) is 5.98. The molecule has 1 fully saturated rings. The summed E-state index contributed by atoms with van der Waals surface area (Å²) in [6, 6.07) is 0.121. The van der Waals surface area contributed by atoms with Crippen LogP contribution in [-0.4, -0.2) is 52.3 Å². The summed E-state index contributed by atoms with van der Waals surface area (Å²) in [5.41, 5.74) is 0. The maximum absolute atomic E-state index is 12.4. The highest BCUT2D eigenvalue weighted by Gasteiger charge is 2.31. The standard InChI is InChI=1S/C11H21N5O2S/c1-15(8-11-12-9-13-14-11)19(17,18)16(2)10-6-4-3-5-7-10/h9-10H,3-8H2,1-2H3,(H,12,13,14). The molecule has 1 aromatic rings. The van der Waals surface area contributed by atoms with E-state index in [9.17, 15) is 8.42 Å². The SMILES string of the molecule is CN(Cc1ncn[nH]1)S(=O)(=O)N(C)C1CCCCC1. The van der Waals surface area contributed by atoms with E-state index in [0.717, 1.165) is 25.7 Å². The van der Waals surface area contributed by atoms with E-state index >= 15 is 0 Å². The summed E-state index contributed by atoms with van der Waals surface area (Å²) >= 11 is 0. The van der Waals surface area contributed by atoms with Crippen molar-refractivity contribution < 1.29 is 8.42 Å². The van der Waals surface area contributed by atoms with Crippen LogP contribution in [0.15, 0.2) is 6.33 Å². The number of aromatic amines is 1. The molecular formula is C11H21N5O2S. The summed E-state index contributed by atoms with van der Waals surface area (Å²) in [5, 5.41) is 6.39. The first-order valence-electron chi connectivity index (χ1n) is 6.55. The third-order valence-electron chi connectivity index (χ3n) is 3.68. The summed E-state index contributed by atoms with van der Waals surface area (Å²) in [7, 11) is -0.200. The minimum absolute atomic E-state index is 0.121. The van der Waals surface area contributed by atoms with Gasteiger partial charge in [0.05, 0.1) is 6.54 Å². The molecule has 1 saturated carbocycles. The Morgan fingerprint density at radius 3 is 2.58 bits per heavy atom. The lowest BCUT2D eigenvalue weighted by Crippen LogP contribution is -2.45. The summed E-state index contributed by atoms with van der Waals surface area (Å²) in [6.45, 7) is 0.208. The summed E-state index contributed by atoms with van der Waals surface area (Å²) in [6.07, 6.45) is 6.70. The molecule has 1 aliphatic carbocycles. The molecule has 0 atom stereocenters. The summed E-state index contributed by atoms with van der Waals surface area (Å²) in [5.74, 6) is 0.545. The molecule has 0 amide bonds. The van der Waals surface area contributed by atoms with Crippen molar-refractivity contribution in [2.24, 2.45) is 0 Å². The smallest absolute Gasteiger partial charge is 0.262 e. The van der Waals surface area contributed by atoms with E-state index in [1.54, 1.807) is 14.1 Å². The number of H-pyrrole nitrogens is 1. The number of rotatable bonds is 5. The highest BCUT2D eigenvalue weighted by atomic mass is 32.2. The molecule has 0 aliphatic heterocycles. The van der Waals surface area contributed by atoms with Crippen LogP contribution in [-0.2, 0) is 16.8 Å². The van der Waals surface area contributed by atoms with Gasteiger partial charge in [0.1, 0.15) is 12.2 Å². The zero-order valence-corrected chi connectivity index (χ0v) is 12.2. The van der Waals surface area contributed by atoms with Gasteiger partial charge in [0.2, 0.25) is 0 Å². The summed E-state index contributed by atoms with van der Waals surface area (Å²) in [4.78, 5) is 3.95. The van der Waals surface area contributed by atoms with Gasteiger partial charge in [-0.05, 0) is 12.8 Å². The van der Waals surface area contributed by atoms with Gasteiger partial charge in [0.25, 0.3) is 10.2 Å². The Bertz CT molecular complexity index is 481. The maximum Gasteiger partial charge on any atom is 0.282 e. The van der Waals surface area contributed by atoms with Gasteiger partial charge < -0.3 is 0 Å². The van der Waals surface area contributed by atoms with Crippen LogP contribution in [0.1, 0.15) is 37.9 Å². The van der Waals surface area contributed by atoms with Gasteiger partial charge in [0, 0.05) is 20.1 Å². The average molecular weight is 287 g/mol.